The largest absolute Gasteiger partial charge is 0.495 e. The number of piperidine rings is 1. The van der Waals surface area contributed by atoms with E-state index in [0.29, 0.717) is 23.5 Å². The van der Waals surface area contributed by atoms with Crippen LogP contribution in [0.5, 0.6) is 5.75 Å². The highest BCUT2D eigenvalue weighted by Crippen LogP contribution is 2.35. The summed E-state index contributed by atoms with van der Waals surface area (Å²) in [6.07, 6.45) is 1.01. The standard InChI is InChI=1S/C25H31ClN6O4S/c1-14(2)37(34,35)21-7-5-4-6-18(21)29-24-22(26)23(27)31-25(32-24)30-17-9-8-15(12-20(17)36-3)19-13-16(33)10-11-28-19/h4-9,12,14,16,19,28,33H,10-11,13H2,1-3H3,(H4,27,29,30,31,32). The summed E-state index contributed by atoms with van der Waals surface area (Å²) < 4.78 is 31.3. The van der Waals surface area contributed by atoms with Gasteiger partial charge in [0, 0.05) is 6.04 Å². The normalized spacial score (nSPS) is 18.0. The molecule has 0 bridgehead atoms. The highest BCUT2D eigenvalue weighted by Gasteiger charge is 2.24. The number of nitrogens with one attached hydrogen (secondary N) is 3. The maximum Gasteiger partial charge on any atom is 0.231 e. The molecule has 0 aliphatic carbocycles. The predicted octanol–water partition coefficient (Wildman–Crippen LogP) is 4.18. The summed E-state index contributed by atoms with van der Waals surface area (Å²) >= 11 is 6.38. The van der Waals surface area contributed by atoms with Gasteiger partial charge in [0.25, 0.3) is 0 Å². The summed E-state index contributed by atoms with van der Waals surface area (Å²) in [5.74, 6) is 0.867. The lowest BCUT2D eigenvalue weighted by atomic mass is 9.95. The molecule has 1 saturated heterocycles. The maximum absolute atomic E-state index is 12.9. The first-order valence-electron chi connectivity index (χ1n) is 11.9. The molecule has 1 fully saturated rings. The zero-order chi connectivity index (χ0) is 26.7. The number of halogens is 1. The number of nitrogens with two attached hydrogens (primary N) is 1. The smallest absolute Gasteiger partial charge is 0.231 e. The molecule has 37 heavy (non-hydrogen) atoms. The first kappa shape index (κ1) is 26.9. The van der Waals surface area contributed by atoms with Crippen molar-refractivity contribution in [1.29, 1.82) is 0 Å². The van der Waals surface area contributed by atoms with Gasteiger partial charge in [-0.15, -0.1) is 0 Å². The van der Waals surface area contributed by atoms with E-state index in [4.69, 9.17) is 22.1 Å². The molecule has 10 nitrogen and oxygen atoms in total. The molecular formula is C25H31ClN6O4S. The zero-order valence-electron chi connectivity index (χ0n) is 20.8. The minimum Gasteiger partial charge on any atom is -0.495 e. The van der Waals surface area contributed by atoms with E-state index in [0.717, 1.165) is 18.5 Å². The molecular weight excluding hydrogens is 516 g/mol. The number of rotatable bonds is 8. The van der Waals surface area contributed by atoms with Crippen LogP contribution in [0, 0.1) is 0 Å². The molecule has 2 aromatic carbocycles. The summed E-state index contributed by atoms with van der Waals surface area (Å²) in [6, 6.07) is 12.2. The SMILES string of the molecule is COc1cc(C2CC(O)CCN2)ccc1Nc1nc(N)c(Cl)c(Nc2ccccc2S(=O)(=O)C(C)C)n1. The monoisotopic (exact) mass is 546 g/mol. The molecule has 198 valence electrons. The second-order valence-electron chi connectivity index (χ2n) is 9.08. The Kier molecular flexibility index (Phi) is 8.08. The molecule has 2 atom stereocenters. The van der Waals surface area contributed by atoms with E-state index in [1.165, 1.54) is 6.07 Å². The van der Waals surface area contributed by atoms with Gasteiger partial charge in [0.05, 0.1) is 34.7 Å². The third kappa shape index (κ3) is 5.90. The Bertz CT molecular complexity index is 1390. The number of para-hydroxylation sites is 1. The quantitative estimate of drug-likeness (QED) is 0.278. The number of hydrogen-bond acceptors (Lipinski definition) is 10. The summed E-state index contributed by atoms with van der Waals surface area (Å²) in [4.78, 5) is 8.81. The fraction of sp³-hybridized carbons (Fsp3) is 0.360. The van der Waals surface area contributed by atoms with Crippen molar-refractivity contribution < 1.29 is 18.3 Å². The lowest BCUT2D eigenvalue weighted by Gasteiger charge is -2.28. The van der Waals surface area contributed by atoms with Crippen LogP contribution in [0.25, 0.3) is 0 Å². The highest BCUT2D eigenvalue weighted by atomic mass is 35.5. The van der Waals surface area contributed by atoms with E-state index < -0.39 is 15.1 Å². The molecule has 0 amide bonds. The van der Waals surface area contributed by atoms with Crippen LogP contribution in [0.3, 0.4) is 0 Å². The molecule has 12 heteroatoms. The minimum atomic E-state index is -3.57. The first-order valence-corrected chi connectivity index (χ1v) is 13.8. The van der Waals surface area contributed by atoms with Crippen LogP contribution in [-0.4, -0.2) is 48.5 Å². The van der Waals surface area contributed by atoms with Crippen molar-refractivity contribution in [2.24, 2.45) is 0 Å². The van der Waals surface area contributed by atoms with E-state index in [9.17, 15) is 13.5 Å². The van der Waals surface area contributed by atoms with Gasteiger partial charge in [-0.05, 0) is 63.1 Å². The van der Waals surface area contributed by atoms with Crippen molar-refractivity contribution in [2.75, 3.05) is 30.0 Å². The third-order valence-electron chi connectivity index (χ3n) is 6.19. The number of ether oxygens (including phenoxy) is 1. The van der Waals surface area contributed by atoms with E-state index in [1.807, 2.05) is 18.2 Å². The number of benzene rings is 2. The van der Waals surface area contributed by atoms with Gasteiger partial charge >= 0.3 is 0 Å². The summed E-state index contributed by atoms with van der Waals surface area (Å²) in [6.45, 7) is 3.98. The summed E-state index contributed by atoms with van der Waals surface area (Å²) in [5, 5.41) is 19.0. The lowest BCUT2D eigenvalue weighted by molar-refractivity contribution is 0.116. The Balaban J connectivity index is 1.63. The fourth-order valence-electron chi connectivity index (χ4n) is 4.10. The maximum atomic E-state index is 12.9. The van der Waals surface area contributed by atoms with Gasteiger partial charge in [-0.25, -0.2) is 8.42 Å². The molecule has 0 saturated carbocycles. The number of aliphatic hydroxyl groups is 1. The van der Waals surface area contributed by atoms with Crippen molar-refractivity contribution in [1.82, 2.24) is 15.3 Å². The predicted molar refractivity (Wildman–Crippen MR) is 146 cm³/mol. The summed E-state index contributed by atoms with van der Waals surface area (Å²) in [7, 11) is -2.01. The molecule has 0 radical (unpaired) electrons. The fourth-order valence-corrected chi connectivity index (χ4v) is 5.44. The molecule has 6 N–H and O–H groups in total. The minimum absolute atomic E-state index is 0.0156. The highest BCUT2D eigenvalue weighted by molar-refractivity contribution is 7.92. The van der Waals surface area contributed by atoms with Gasteiger partial charge in [0.2, 0.25) is 5.95 Å². The topological polar surface area (TPSA) is 151 Å². The van der Waals surface area contributed by atoms with Gasteiger partial charge in [-0.3, -0.25) is 0 Å². The molecule has 4 rings (SSSR count). The van der Waals surface area contributed by atoms with Crippen molar-refractivity contribution in [3.63, 3.8) is 0 Å². The number of sulfone groups is 1. The average Bonchev–Trinajstić information content (AvgIpc) is 2.87. The van der Waals surface area contributed by atoms with Crippen molar-refractivity contribution >= 4 is 50.4 Å². The number of hydrogen-bond donors (Lipinski definition) is 5. The van der Waals surface area contributed by atoms with Gasteiger partial charge in [0.1, 0.15) is 16.6 Å². The molecule has 3 aromatic rings. The third-order valence-corrected chi connectivity index (χ3v) is 8.78. The Morgan fingerprint density at radius 1 is 1.16 bits per heavy atom. The van der Waals surface area contributed by atoms with Crippen LogP contribution in [0.15, 0.2) is 47.4 Å². The molecule has 1 aliphatic heterocycles. The van der Waals surface area contributed by atoms with Crippen molar-refractivity contribution in [3.05, 3.63) is 53.1 Å². The average molecular weight is 547 g/mol. The number of methoxy groups -OCH3 is 1. The van der Waals surface area contributed by atoms with Gasteiger partial charge in [-0.1, -0.05) is 29.8 Å². The van der Waals surface area contributed by atoms with Crippen LogP contribution in [0.4, 0.5) is 29.0 Å². The van der Waals surface area contributed by atoms with Crippen LogP contribution < -0.4 is 26.4 Å². The van der Waals surface area contributed by atoms with E-state index in [1.54, 1.807) is 39.2 Å². The molecule has 2 heterocycles. The van der Waals surface area contributed by atoms with Gasteiger partial charge < -0.3 is 31.5 Å². The number of aliphatic hydroxyl groups excluding tert-OH is 1. The van der Waals surface area contributed by atoms with Crippen LogP contribution >= 0.6 is 11.6 Å². The van der Waals surface area contributed by atoms with E-state index in [-0.39, 0.29) is 39.6 Å². The lowest BCUT2D eigenvalue weighted by Crippen LogP contribution is -2.34. The zero-order valence-corrected chi connectivity index (χ0v) is 22.4. The Morgan fingerprint density at radius 2 is 1.92 bits per heavy atom. The second kappa shape index (κ2) is 11.1. The second-order valence-corrected chi connectivity index (χ2v) is 11.9. The molecule has 1 aliphatic rings. The Labute approximate surface area is 221 Å². The van der Waals surface area contributed by atoms with Gasteiger partial charge in [0.15, 0.2) is 15.7 Å². The molecule has 2 unspecified atom stereocenters. The Hall–Kier alpha value is -3.12. The number of nitrogen functional groups attached to an aromatic ring is 1. The first-order chi connectivity index (χ1) is 17.6. The molecule has 0 spiro atoms. The number of aromatic nitrogens is 2. The van der Waals surface area contributed by atoms with E-state index in [2.05, 4.69) is 25.9 Å². The van der Waals surface area contributed by atoms with Crippen molar-refractivity contribution in [3.8, 4) is 5.75 Å². The van der Waals surface area contributed by atoms with E-state index >= 15 is 0 Å². The number of nitrogens with zero attached hydrogens (tertiary/aromatic N) is 2. The van der Waals surface area contributed by atoms with Crippen LogP contribution in [-0.2, 0) is 9.84 Å². The number of anilines is 5. The van der Waals surface area contributed by atoms with Crippen molar-refractivity contribution in [2.45, 2.75) is 49.0 Å². The van der Waals surface area contributed by atoms with Crippen LogP contribution in [0.1, 0.15) is 38.3 Å². The van der Waals surface area contributed by atoms with Gasteiger partial charge in [-0.2, -0.15) is 9.97 Å². The molecule has 1 aromatic heterocycles. The Morgan fingerprint density at radius 3 is 2.62 bits per heavy atom. The van der Waals surface area contributed by atoms with Crippen LogP contribution in [0.2, 0.25) is 5.02 Å². The summed E-state index contributed by atoms with van der Waals surface area (Å²) in [5.41, 5.74) is 7.97.